The van der Waals surface area contributed by atoms with Gasteiger partial charge in [0.1, 0.15) is 5.82 Å². The summed E-state index contributed by atoms with van der Waals surface area (Å²) in [5.74, 6) is 1.88. The maximum absolute atomic E-state index is 4.28. The highest BCUT2D eigenvalue weighted by molar-refractivity contribution is 5.79. The van der Waals surface area contributed by atoms with Crippen molar-refractivity contribution in [2.75, 3.05) is 13.6 Å². The summed E-state index contributed by atoms with van der Waals surface area (Å²) < 4.78 is 2.17. The second-order valence-electron chi connectivity index (χ2n) is 5.05. The largest absolute Gasteiger partial charge is 0.356 e. The van der Waals surface area contributed by atoms with Gasteiger partial charge in [-0.25, -0.2) is 4.98 Å². The summed E-state index contributed by atoms with van der Waals surface area (Å²) in [4.78, 5) is 12.7. The lowest BCUT2D eigenvalue weighted by atomic mass is 10.3. The number of rotatable bonds is 7. The van der Waals surface area contributed by atoms with Gasteiger partial charge in [-0.3, -0.25) is 9.98 Å². The van der Waals surface area contributed by atoms with Gasteiger partial charge < -0.3 is 15.2 Å². The van der Waals surface area contributed by atoms with Crippen LogP contribution in [-0.4, -0.2) is 34.1 Å². The normalized spacial score (nSPS) is 11.5. The summed E-state index contributed by atoms with van der Waals surface area (Å²) in [7, 11) is 1.78. The van der Waals surface area contributed by atoms with Gasteiger partial charge in [0.05, 0.1) is 12.2 Å². The first-order chi connectivity index (χ1) is 10.8. The molecule has 6 nitrogen and oxygen atoms in total. The second-order valence-corrected chi connectivity index (χ2v) is 5.05. The summed E-state index contributed by atoms with van der Waals surface area (Å²) in [5.41, 5.74) is 1.00. The molecule has 6 heteroatoms. The number of aromatic nitrogens is 3. The van der Waals surface area contributed by atoms with Gasteiger partial charge in [-0.15, -0.1) is 0 Å². The average Bonchev–Trinajstić information content (AvgIpc) is 2.96. The average molecular weight is 300 g/mol. The molecule has 0 saturated carbocycles. The smallest absolute Gasteiger partial charge is 0.191 e. The molecule has 0 spiro atoms. The molecular formula is C16H24N6. The van der Waals surface area contributed by atoms with E-state index in [1.54, 1.807) is 13.2 Å². The SMILES string of the molecule is CN=C(NCCCCn1ccnc1C)NCc1ccccn1. The van der Waals surface area contributed by atoms with Crippen molar-refractivity contribution in [2.45, 2.75) is 32.9 Å². The molecule has 22 heavy (non-hydrogen) atoms. The zero-order chi connectivity index (χ0) is 15.6. The number of guanidine groups is 1. The second kappa shape index (κ2) is 8.81. The molecule has 2 heterocycles. The van der Waals surface area contributed by atoms with Gasteiger partial charge in [0.25, 0.3) is 0 Å². The van der Waals surface area contributed by atoms with Crippen LogP contribution in [0.2, 0.25) is 0 Å². The van der Waals surface area contributed by atoms with Crippen molar-refractivity contribution in [2.24, 2.45) is 4.99 Å². The molecule has 0 saturated heterocycles. The van der Waals surface area contributed by atoms with E-state index in [-0.39, 0.29) is 0 Å². The molecule has 2 N–H and O–H groups in total. The fraction of sp³-hybridized carbons (Fsp3) is 0.438. The standard InChI is InChI=1S/C16H24N6/c1-14-18-10-12-22(14)11-6-5-9-20-16(17-2)21-13-15-7-3-4-8-19-15/h3-4,7-8,10,12H,5-6,9,11,13H2,1-2H3,(H2,17,20,21). The number of aryl methyl sites for hydroxylation is 2. The van der Waals surface area contributed by atoms with E-state index in [0.717, 1.165) is 43.4 Å². The van der Waals surface area contributed by atoms with Crippen molar-refractivity contribution in [3.63, 3.8) is 0 Å². The molecule has 0 bridgehead atoms. The minimum Gasteiger partial charge on any atom is -0.356 e. The minimum atomic E-state index is 0.675. The van der Waals surface area contributed by atoms with E-state index >= 15 is 0 Å². The van der Waals surface area contributed by atoms with E-state index < -0.39 is 0 Å². The Kier molecular flexibility index (Phi) is 6.41. The summed E-state index contributed by atoms with van der Waals surface area (Å²) in [6, 6.07) is 5.89. The topological polar surface area (TPSA) is 67.1 Å². The number of nitrogens with zero attached hydrogens (tertiary/aromatic N) is 4. The number of unbranched alkanes of at least 4 members (excludes halogenated alkanes) is 1. The Morgan fingerprint density at radius 2 is 2.09 bits per heavy atom. The van der Waals surface area contributed by atoms with Crippen LogP contribution in [0.25, 0.3) is 0 Å². The molecule has 0 radical (unpaired) electrons. The maximum Gasteiger partial charge on any atom is 0.191 e. The zero-order valence-electron chi connectivity index (χ0n) is 13.3. The molecule has 0 aromatic carbocycles. The molecule has 2 aromatic heterocycles. The van der Waals surface area contributed by atoms with E-state index in [2.05, 4.69) is 30.2 Å². The van der Waals surface area contributed by atoms with Gasteiger partial charge in [-0.2, -0.15) is 0 Å². The molecule has 0 unspecified atom stereocenters. The van der Waals surface area contributed by atoms with Gasteiger partial charge in [-0.05, 0) is 31.9 Å². The molecule has 2 aromatic rings. The third-order valence-electron chi connectivity index (χ3n) is 3.43. The number of nitrogens with one attached hydrogen (secondary N) is 2. The lowest BCUT2D eigenvalue weighted by molar-refractivity contribution is 0.588. The molecule has 0 atom stereocenters. The Morgan fingerprint density at radius 3 is 2.77 bits per heavy atom. The van der Waals surface area contributed by atoms with Crippen LogP contribution in [0, 0.1) is 6.92 Å². The number of hydrogen-bond donors (Lipinski definition) is 2. The first kappa shape index (κ1) is 16.0. The van der Waals surface area contributed by atoms with E-state index in [0.29, 0.717) is 6.54 Å². The highest BCUT2D eigenvalue weighted by Crippen LogP contribution is 1.99. The van der Waals surface area contributed by atoms with Gasteiger partial charge in [0.15, 0.2) is 5.96 Å². The Morgan fingerprint density at radius 1 is 1.18 bits per heavy atom. The van der Waals surface area contributed by atoms with E-state index in [1.165, 1.54) is 0 Å². The van der Waals surface area contributed by atoms with Crippen LogP contribution in [-0.2, 0) is 13.1 Å². The summed E-state index contributed by atoms with van der Waals surface area (Å²) in [5, 5.41) is 6.58. The summed E-state index contributed by atoms with van der Waals surface area (Å²) in [6.07, 6.45) is 7.86. The fourth-order valence-corrected chi connectivity index (χ4v) is 2.15. The van der Waals surface area contributed by atoms with Crippen LogP contribution < -0.4 is 10.6 Å². The van der Waals surface area contributed by atoms with Crippen LogP contribution in [0.1, 0.15) is 24.4 Å². The van der Waals surface area contributed by atoms with Crippen molar-refractivity contribution in [3.8, 4) is 0 Å². The van der Waals surface area contributed by atoms with Gasteiger partial charge >= 0.3 is 0 Å². The number of aliphatic imine (C=N–C) groups is 1. The Bertz CT molecular complexity index is 575. The highest BCUT2D eigenvalue weighted by Gasteiger charge is 1.99. The van der Waals surface area contributed by atoms with Crippen LogP contribution in [0.4, 0.5) is 0 Å². The maximum atomic E-state index is 4.28. The van der Waals surface area contributed by atoms with Crippen LogP contribution in [0.5, 0.6) is 0 Å². The zero-order valence-corrected chi connectivity index (χ0v) is 13.3. The Balaban J connectivity index is 1.61. The molecule has 0 amide bonds. The Labute approximate surface area is 131 Å². The molecular weight excluding hydrogens is 276 g/mol. The van der Waals surface area contributed by atoms with Crippen molar-refractivity contribution in [1.82, 2.24) is 25.2 Å². The van der Waals surface area contributed by atoms with Crippen LogP contribution in [0.15, 0.2) is 41.8 Å². The predicted molar refractivity (Wildman–Crippen MR) is 88.6 cm³/mol. The van der Waals surface area contributed by atoms with E-state index in [4.69, 9.17) is 0 Å². The lowest BCUT2D eigenvalue weighted by Crippen LogP contribution is -2.37. The number of hydrogen-bond acceptors (Lipinski definition) is 3. The monoisotopic (exact) mass is 300 g/mol. The van der Waals surface area contributed by atoms with Crippen LogP contribution in [0.3, 0.4) is 0 Å². The van der Waals surface area contributed by atoms with Crippen molar-refractivity contribution >= 4 is 5.96 Å². The Hall–Kier alpha value is -2.37. The third-order valence-corrected chi connectivity index (χ3v) is 3.43. The van der Waals surface area contributed by atoms with Crippen molar-refractivity contribution in [3.05, 3.63) is 48.3 Å². The minimum absolute atomic E-state index is 0.675. The fourth-order valence-electron chi connectivity index (χ4n) is 2.15. The van der Waals surface area contributed by atoms with E-state index in [1.807, 2.05) is 37.5 Å². The first-order valence-corrected chi connectivity index (χ1v) is 7.62. The highest BCUT2D eigenvalue weighted by atomic mass is 15.2. The quantitative estimate of drug-likeness (QED) is 0.464. The lowest BCUT2D eigenvalue weighted by Gasteiger charge is -2.11. The number of imidazole rings is 1. The molecule has 0 aliphatic carbocycles. The first-order valence-electron chi connectivity index (χ1n) is 7.62. The van der Waals surface area contributed by atoms with Gasteiger partial charge in [0, 0.05) is 38.7 Å². The predicted octanol–water partition coefficient (Wildman–Crippen LogP) is 1.73. The molecule has 118 valence electrons. The summed E-state index contributed by atoms with van der Waals surface area (Å²) in [6.45, 7) is 4.61. The van der Waals surface area contributed by atoms with Gasteiger partial charge in [-0.1, -0.05) is 6.07 Å². The van der Waals surface area contributed by atoms with Crippen molar-refractivity contribution < 1.29 is 0 Å². The molecule has 2 rings (SSSR count). The third kappa shape index (κ3) is 5.20. The number of pyridine rings is 1. The van der Waals surface area contributed by atoms with E-state index in [9.17, 15) is 0 Å². The molecule has 0 aliphatic rings. The molecule has 0 fully saturated rings. The summed E-state index contributed by atoms with van der Waals surface area (Å²) >= 11 is 0. The molecule has 0 aliphatic heterocycles. The van der Waals surface area contributed by atoms with Crippen molar-refractivity contribution in [1.29, 1.82) is 0 Å². The van der Waals surface area contributed by atoms with Gasteiger partial charge in [0.2, 0.25) is 0 Å². The van der Waals surface area contributed by atoms with Crippen LogP contribution >= 0.6 is 0 Å².